The molecular weight excluding hydrogens is 264 g/mol. The summed E-state index contributed by atoms with van der Waals surface area (Å²) in [7, 11) is 3.49. The van der Waals surface area contributed by atoms with Crippen molar-refractivity contribution in [2.45, 2.75) is 6.54 Å². The molecule has 0 bridgehead atoms. The molecule has 2 rings (SSSR count). The van der Waals surface area contributed by atoms with Gasteiger partial charge in [-0.05, 0) is 42.9 Å². The van der Waals surface area contributed by atoms with Crippen LogP contribution in [0.25, 0.3) is 0 Å². The highest BCUT2D eigenvalue weighted by atomic mass is 35.5. The van der Waals surface area contributed by atoms with Crippen LogP contribution in [0.15, 0.2) is 36.5 Å². The Morgan fingerprint density at radius 2 is 1.89 bits per heavy atom. The Labute approximate surface area is 117 Å². The van der Waals surface area contributed by atoms with Crippen molar-refractivity contribution in [2.24, 2.45) is 0 Å². The molecule has 0 saturated carbocycles. The third-order valence-corrected chi connectivity index (χ3v) is 2.79. The van der Waals surface area contributed by atoms with Crippen LogP contribution in [-0.2, 0) is 6.54 Å². The Kier molecular flexibility index (Phi) is 4.60. The molecule has 0 amide bonds. The van der Waals surface area contributed by atoms with Gasteiger partial charge in [-0.3, -0.25) is 0 Å². The maximum Gasteiger partial charge on any atom is 0.238 e. The summed E-state index contributed by atoms with van der Waals surface area (Å²) in [5.41, 5.74) is 1.01. The smallest absolute Gasteiger partial charge is 0.238 e. The first-order valence-electron chi connectivity index (χ1n) is 5.84. The standard InChI is InChI=1S/C14H15ClN2O2/c1-16-8-10-7-13(15)14(17-9-10)19-12-5-3-11(18-2)4-6-12/h3-7,9,16H,8H2,1-2H3. The van der Waals surface area contributed by atoms with Crippen molar-refractivity contribution in [1.29, 1.82) is 0 Å². The third-order valence-electron chi connectivity index (χ3n) is 2.52. The van der Waals surface area contributed by atoms with Gasteiger partial charge in [-0.1, -0.05) is 11.6 Å². The van der Waals surface area contributed by atoms with Crippen molar-refractivity contribution in [1.82, 2.24) is 10.3 Å². The number of aromatic nitrogens is 1. The SMILES string of the molecule is CNCc1cnc(Oc2ccc(OC)cc2)c(Cl)c1. The quantitative estimate of drug-likeness (QED) is 0.912. The normalized spacial score (nSPS) is 10.3. The molecule has 2 aromatic rings. The van der Waals surface area contributed by atoms with Crippen LogP contribution in [0.2, 0.25) is 5.02 Å². The first-order valence-corrected chi connectivity index (χ1v) is 6.21. The molecule has 0 aliphatic carbocycles. The van der Waals surface area contributed by atoms with Crippen molar-refractivity contribution in [3.63, 3.8) is 0 Å². The summed E-state index contributed by atoms with van der Waals surface area (Å²) >= 11 is 6.13. The summed E-state index contributed by atoms with van der Waals surface area (Å²) in [5.74, 6) is 1.83. The van der Waals surface area contributed by atoms with Gasteiger partial charge in [-0.2, -0.15) is 0 Å². The van der Waals surface area contributed by atoms with Crippen molar-refractivity contribution in [3.05, 3.63) is 47.1 Å². The topological polar surface area (TPSA) is 43.4 Å². The van der Waals surface area contributed by atoms with Gasteiger partial charge in [0.2, 0.25) is 5.88 Å². The second-order valence-electron chi connectivity index (χ2n) is 3.94. The van der Waals surface area contributed by atoms with Crippen LogP contribution in [0.4, 0.5) is 0 Å². The molecule has 19 heavy (non-hydrogen) atoms. The second-order valence-corrected chi connectivity index (χ2v) is 4.35. The van der Waals surface area contributed by atoms with Crippen LogP contribution < -0.4 is 14.8 Å². The number of hydrogen-bond acceptors (Lipinski definition) is 4. The highest BCUT2D eigenvalue weighted by Crippen LogP contribution is 2.28. The van der Waals surface area contributed by atoms with E-state index in [1.54, 1.807) is 25.4 Å². The van der Waals surface area contributed by atoms with Gasteiger partial charge in [-0.15, -0.1) is 0 Å². The molecule has 0 unspecified atom stereocenters. The molecule has 1 heterocycles. The summed E-state index contributed by atoms with van der Waals surface area (Å²) in [5, 5.41) is 3.53. The van der Waals surface area contributed by atoms with Gasteiger partial charge < -0.3 is 14.8 Å². The van der Waals surface area contributed by atoms with Gasteiger partial charge in [0.15, 0.2) is 0 Å². The predicted octanol–water partition coefficient (Wildman–Crippen LogP) is 3.26. The first-order chi connectivity index (χ1) is 9.22. The van der Waals surface area contributed by atoms with E-state index in [1.807, 2.05) is 25.2 Å². The zero-order chi connectivity index (χ0) is 13.7. The van der Waals surface area contributed by atoms with Crippen LogP contribution in [0, 0.1) is 0 Å². The van der Waals surface area contributed by atoms with E-state index >= 15 is 0 Å². The Balaban J connectivity index is 2.13. The molecule has 0 spiro atoms. The van der Waals surface area contributed by atoms with Gasteiger partial charge in [0.05, 0.1) is 7.11 Å². The van der Waals surface area contributed by atoms with E-state index < -0.39 is 0 Å². The van der Waals surface area contributed by atoms with Crippen LogP contribution >= 0.6 is 11.6 Å². The lowest BCUT2D eigenvalue weighted by Crippen LogP contribution is -2.05. The molecule has 100 valence electrons. The van der Waals surface area contributed by atoms with Gasteiger partial charge in [0, 0.05) is 12.7 Å². The maximum atomic E-state index is 6.13. The number of pyridine rings is 1. The van der Waals surface area contributed by atoms with Gasteiger partial charge in [0.25, 0.3) is 0 Å². The molecule has 0 atom stereocenters. The predicted molar refractivity (Wildman–Crippen MR) is 75.1 cm³/mol. The number of nitrogens with zero attached hydrogens (tertiary/aromatic N) is 1. The van der Waals surface area contributed by atoms with E-state index in [0.29, 0.717) is 16.7 Å². The highest BCUT2D eigenvalue weighted by Gasteiger charge is 2.06. The van der Waals surface area contributed by atoms with Crippen LogP contribution in [0.1, 0.15) is 5.56 Å². The minimum atomic E-state index is 0.395. The monoisotopic (exact) mass is 278 g/mol. The van der Waals surface area contributed by atoms with E-state index in [9.17, 15) is 0 Å². The molecule has 0 aliphatic rings. The van der Waals surface area contributed by atoms with Crippen LogP contribution in [0.3, 0.4) is 0 Å². The van der Waals surface area contributed by atoms with E-state index in [2.05, 4.69) is 10.3 Å². The minimum absolute atomic E-state index is 0.395. The summed E-state index contributed by atoms with van der Waals surface area (Å²) in [6.45, 7) is 0.718. The van der Waals surface area contributed by atoms with Crippen molar-refractivity contribution >= 4 is 11.6 Å². The number of benzene rings is 1. The Hall–Kier alpha value is -1.78. The zero-order valence-electron chi connectivity index (χ0n) is 10.8. The molecule has 1 aromatic heterocycles. The summed E-state index contributed by atoms with van der Waals surface area (Å²) in [6, 6.07) is 9.08. The zero-order valence-corrected chi connectivity index (χ0v) is 11.6. The number of ether oxygens (including phenoxy) is 2. The molecule has 5 heteroatoms. The fraction of sp³-hybridized carbons (Fsp3) is 0.214. The van der Waals surface area contributed by atoms with E-state index in [1.165, 1.54) is 0 Å². The number of nitrogens with one attached hydrogen (secondary N) is 1. The van der Waals surface area contributed by atoms with E-state index in [4.69, 9.17) is 21.1 Å². The Morgan fingerprint density at radius 1 is 1.21 bits per heavy atom. The minimum Gasteiger partial charge on any atom is -0.497 e. The summed E-state index contributed by atoms with van der Waals surface area (Å²) in [4.78, 5) is 4.21. The lowest BCUT2D eigenvalue weighted by molar-refractivity contribution is 0.412. The van der Waals surface area contributed by atoms with Crippen molar-refractivity contribution < 1.29 is 9.47 Å². The largest absolute Gasteiger partial charge is 0.497 e. The van der Waals surface area contributed by atoms with Crippen LogP contribution in [0.5, 0.6) is 17.4 Å². The lowest BCUT2D eigenvalue weighted by Gasteiger charge is -2.08. The number of hydrogen-bond donors (Lipinski definition) is 1. The van der Waals surface area contributed by atoms with E-state index in [0.717, 1.165) is 17.9 Å². The number of methoxy groups -OCH3 is 1. The fourth-order valence-electron chi connectivity index (χ4n) is 1.60. The third kappa shape index (κ3) is 3.59. The first kappa shape index (κ1) is 13.6. The molecule has 0 aliphatic heterocycles. The second kappa shape index (κ2) is 6.41. The molecule has 0 saturated heterocycles. The number of halogens is 1. The summed E-state index contributed by atoms with van der Waals surface area (Å²) in [6.07, 6.45) is 1.74. The molecular formula is C14H15ClN2O2. The maximum absolute atomic E-state index is 6.13. The Bertz CT molecular complexity index is 544. The average Bonchev–Trinajstić information content (AvgIpc) is 2.43. The van der Waals surface area contributed by atoms with E-state index in [-0.39, 0.29) is 0 Å². The lowest BCUT2D eigenvalue weighted by atomic mass is 10.3. The Morgan fingerprint density at radius 3 is 2.47 bits per heavy atom. The summed E-state index contributed by atoms with van der Waals surface area (Å²) < 4.78 is 10.7. The molecule has 1 N–H and O–H groups in total. The van der Waals surface area contributed by atoms with Gasteiger partial charge >= 0.3 is 0 Å². The van der Waals surface area contributed by atoms with Crippen molar-refractivity contribution in [3.8, 4) is 17.4 Å². The average molecular weight is 279 g/mol. The van der Waals surface area contributed by atoms with Gasteiger partial charge in [0.1, 0.15) is 16.5 Å². The number of rotatable bonds is 5. The van der Waals surface area contributed by atoms with Gasteiger partial charge in [-0.25, -0.2) is 4.98 Å². The van der Waals surface area contributed by atoms with Crippen molar-refractivity contribution in [2.75, 3.05) is 14.2 Å². The molecule has 0 radical (unpaired) electrons. The highest BCUT2D eigenvalue weighted by molar-refractivity contribution is 6.31. The fourth-order valence-corrected chi connectivity index (χ4v) is 1.82. The van der Waals surface area contributed by atoms with Crippen LogP contribution in [-0.4, -0.2) is 19.1 Å². The molecule has 1 aromatic carbocycles. The molecule has 0 fully saturated rings. The molecule has 4 nitrogen and oxygen atoms in total.